The molecular formula is C21H25N4O6PS. The van der Waals surface area contributed by atoms with Gasteiger partial charge in [-0.2, -0.15) is 0 Å². The third-order valence-corrected chi connectivity index (χ3v) is 5.95. The highest BCUT2D eigenvalue weighted by Crippen LogP contribution is 2.37. The molecule has 0 fully saturated rings. The van der Waals surface area contributed by atoms with E-state index in [1.807, 2.05) is 30.3 Å². The van der Waals surface area contributed by atoms with E-state index < -0.39 is 7.82 Å². The Hall–Kier alpha value is -2.82. The van der Waals surface area contributed by atoms with E-state index in [-0.39, 0.29) is 30.5 Å². The van der Waals surface area contributed by atoms with Crippen LogP contribution in [0, 0.1) is 6.92 Å². The molecule has 1 amide bonds. The van der Waals surface area contributed by atoms with Crippen molar-refractivity contribution in [2.75, 3.05) is 12.3 Å². The minimum absolute atomic E-state index is 0.00323. The fourth-order valence-corrected chi connectivity index (χ4v) is 3.82. The van der Waals surface area contributed by atoms with E-state index in [4.69, 9.17) is 15.5 Å². The zero-order valence-corrected chi connectivity index (χ0v) is 19.8. The lowest BCUT2D eigenvalue weighted by atomic mass is 10.2. The van der Waals surface area contributed by atoms with Crippen molar-refractivity contribution in [3.05, 3.63) is 70.2 Å². The van der Waals surface area contributed by atoms with Crippen LogP contribution in [0.25, 0.3) is 6.08 Å². The topological polar surface area (TPSA) is 156 Å². The molecule has 0 aliphatic carbocycles. The first-order valence-electron chi connectivity index (χ1n) is 9.73. The summed E-state index contributed by atoms with van der Waals surface area (Å²) in [7, 11) is -4.68. The molecule has 0 radical (unpaired) electrons. The van der Waals surface area contributed by atoms with Crippen molar-refractivity contribution < 1.29 is 28.5 Å². The van der Waals surface area contributed by atoms with Gasteiger partial charge in [0.05, 0.1) is 13.2 Å². The van der Waals surface area contributed by atoms with Gasteiger partial charge in [-0.05, 0) is 37.2 Å². The maximum Gasteiger partial charge on any atom is 0.469 e. The first kappa shape index (κ1) is 26.4. The number of carbonyl (C=O) groups excluding carboxylic acids is 2. The molecule has 2 rings (SSSR count). The average molecular weight is 492 g/mol. The van der Waals surface area contributed by atoms with E-state index in [1.165, 1.54) is 17.2 Å². The predicted molar refractivity (Wildman–Crippen MR) is 126 cm³/mol. The average Bonchev–Trinajstić information content (AvgIpc) is 2.76. The van der Waals surface area contributed by atoms with Crippen molar-refractivity contribution in [1.29, 1.82) is 0 Å². The molecule has 0 unspecified atom stereocenters. The fourth-order valence-electron chi connectivity index (χ4n) is 2.66. The molecule has 1 aromatic carbocycles. The lowest BCUT2D eigenvalue weighted by Gasteiger charge is -2.22. The molecule has 0 spiro atoms. The third-order valence-electron chi connectivity index (χ3n) is 4.34. The molecular weight excluding hydrogens is 467 g/mol. The van der Waals surface area contributed by atoms with Crippen LogP contribution in [0.15, 0.2) is 53.2 Å². The molecule has 176 valence electrons. The third kappa shape index (κ3) is 9.29. The van der Waals surface area contributed by atoms with Crippen LogP contribution in [0.3, 0.4) is 0 Å². The Bertz CT molecular complexity index is 1090. The number of benzene rings is 1. The van der Waals surface area contributed by atoms with Crippen LogP contribution >= 0.6 is 19.6 Å². The highest BCUT2D eigenvalue weighted by atomic mass is 32.2. The zero-order valence-electron chi connectivity index (χ0n) is 18.1. The number of hydrogen-bond donors (Lipinski definition) is 3. The first-order valence-corrected chi connectivity index (χ1v) is 12.1. The monoisotopic (exact) mass is 492 g/mol. The van der Waals surface area contributed by atoms with E-state index in [9.17, 15) is 14.2 Å². The number of nitrogen functional groups attached to an aromatic ring is 1. The number of phosphoric acid groups is 1. The summed E-state index contributed by atoms with van der Waals surface area (Å²) >= 11 is 0.841. The summed E-state index contributed by atoms with van der Waals surface area (Å²) < 4.78 is 15.6. The normalized spacial score (nSPS) is 12.5. The molecule has 0 saturated heterocycles. The van der Waals surface area contributed by atoms with Gasteiger partial charge in [-0.1, -0.05) is 36.4 Å². The maximum atomic E-state index is 12.6. The molecule has 10 nitrogen and oxygen atoms in total. The molecule has 1 aromatic heterocycles. The van der Waals surface area contributed by atoms with Crippen molar-refractivity contribution in [2.24, 2.45) is 0 Å². The summed E-state index contributed by atoms with van der Waals surface area (Å²) in [5.74, 6) is 0.714. The number of anilines is 1. The lowest BCUT2D eigenvalue weighted by molar-refractivity contribution is -0.117. The van der Waals surface area contributed by atoms with E-state index in [0.29, 0.717) is 28.4 Å². The van der Waals surface area contributed by atoms with E-state index in [1.54, 1.807) is 19.9 Å². The van der Waals surface area contributed by atoms with Gasteiger partial charge in [-0.25, -0.2) is 14.5 Å². The number of hydrogen-bond acceptors (Lipinski definition) is 8. The quantitative estimate of drug-likeness (QED) is 0.242. The van der Waals surface area contributed by atoms with Crippen LogP contribution in [0.2, 0.25) is 0 Å². The molecule has 0 aliphatic rings. The smallest absolute Gasteiger partial charge is 0.383 e. The Morgan fingerprint density at radius 2 is 2.00 bits per heavy atom. The summed E-state index contributed by atoms with van der Waals surface area (Å²) in [6, 6.07) is 9.22. The van der Waals surface area contributed by atoms with Crippen molar-refractivity contribution in [3.8, 4) is 0 Å². The van der Waals surface area contributed by atoms with Gasteiger partial charge in [0.1, 0.15) is 11.6 Å². The second-order valence-corrected chi connectivity index (χ2v) is 9.15. The van der Waals surface area contributed by atoms with E-state index in [0.717, 1.165) is 17.3 Å². The molecule has 4 N–H and O–H groups in total. The standard InChI is InChI=1S/C21H25N4O6PS/c1-15(25(14-26)13-18-12-23-16(2)24-21(18)22)19(10-11-31-32(28,29)30)33-20(27)9-8-17-6-4-3-5-7-17/h3-9,12,14H,10-11,13H2,1-2H3,(H2,22,23,24)(H2,28,29,30). The molecule has 0 saturated carbocycles. The molecule has 33 heavy (non-hydrogen) atoms. The number of phosphoric ester groups is 1. The fraction of sp³-hybridized carbons (Fsp3) is 0.238. The van der Waals surface area contributed by atoms with Crippen molar-refractivity contribution in [1.82, 2.24) is 14.9 Å². The van der Waals surface area contributed by atoms with Gasteiger partial charge in [-0.15, -0.1) is 0 Å². The maximum absolute atomic E-state index is 12.6. The number of rotatable bonds is 11. The highest BCUT2D eigenvalue weighted by molar-refractivity contribution is 8.17. The molecule has 0 aliphatic heterocycles. The number of aryl methyl sites for hydroxylation is 1. The van der Waals surface area contributed by atoms with Crippen molar-refractivity contribution >= 4 is 43.0 Å². The van der Waals surface area contributed by atoms with Crippen LogP contribution in [-0.4, -0.2) is 42.8 Å². The lowest BCUT2D eigenvalue weighted by Crippen LogP contribution is -2.22. The van der Waals surface area contributed by atoms with E-state index >= 15 is 0 Å². The minimum Gasteiger partial charge on any atom is -0.383 e. The van der Waals surface area contributed by atoms with Crippen molar-refractivity contribution in [3.63, 3.8) is 0 Å². The van der Waals surface area contributed by atoms with Crippen LogP contribution in [0.1, 0.15) is 30.3 Å². The molecule has 0 atom stereocenters. The SMILES string of the molecule is CC(=C(CCOP(=O)(O)O)SC(=O)C=Cc1ccccc1)N(C=O)Cc1cnc(C)nc1N. The van der Waals surface area contributed by atoms with Gasteiger partial charge >= 0.3 is 7.82 Å². The second kappa shape index (κ2) is 12.4. The van der Waals surface area contributed by atoms with Crippen LogP contribution in [0.5, 0.6) is 0 Å². The highest BCUT2D eigenvalue weighted by Gasteiger charge is 2.19. The summed E-state index contributed by atoms with van der Waals surface area (Å²) in [4.78, 5) is 52.2. The number of nitrogens with zero attached hydrogens (tertiary/aromatic N) is 3. The number of carbonyl (C=O) groups is 2. The Labute approximate surface area is 195 Å². The first-order chi connectivity index (χ1) is 15.6. The van der Waals surface area contributed by atoms with Gasteiger partial charge in [-0.3, -0.25) is 14.1 Å². The van der Waals surface area contributed by atoms with Crippen LogP contribution < -0.4 is 5.73 Å². The molecule has 1 heterocycles. The summed E-state index contributed by atoms with van der Waals surface area (Å²) in [6.07, 6.45) is 5.11. The van der Waals surface area contributed by atoms with Gasteiger partial charge in [0, 0.05) is 28.8 Å². The molecule has 2 aromatic rings. The van der Waals surface area contributed by atoms with Gasteiger partial charge < -0.3 is 20.4 Å². The van der Waals surface area contributed by atoms with Crippen LogP contribution in [-0.2, 0) is 25.2 Å². The minimum atomic E-state index is -4.68. The molecule has 0 bridgehead atoms. The van der Waals surface area contributed by atoms with Gasteiger partial charge in [0.2, 0.25) is 11.5 Å². The summed E-state index contributed by atoms with van der Waals surface area (Å²) in [5.41, 5.74) is 7.68. The number of allylic oxidation sites excluding steroid dienone is 1. The number of thioether (sulfide) groups is 1. The van der Waals surface area contributed by atoms with Crippen molar-refractivity contribution in [2.45, 2.75) is 26.8 Å². The van der Waals surface area contributed by atoms with Crippen LogP contribution in [0.4, 0.5) is 5.82 Å². The molecule has 12 heteroatoms. The zero-order chi connectivity index (χ0) is 24.4. The summed E-state index contributed by atoms with van der Waals surface area (Å²) in [5, 5.41) is -0.326. The van der Waals surface area contributed by atoms with Gasteiger partial charge in [0.25, 0.3) is 0 Å². The number of amides is 1. The Balaban J connectivity index is 2.25. The predicted octanol–water partition coefficient (Wildman–Crippen LogP) is 3.03. The number of aromatic nitrogens is 2. The number of nitrogens with two attached hydrogens (primary N) is 1. The Morgan fingerprint density at radius 3 is 2.61 bits per heavy atom. The van der Waals surface area contributed by atoms with E-state index in [2.05, 4.69) is 14.5 Å². The Morgan fingerprint density at radius 1 is 1.30 bits per heavy atom. The second-order valence-electron chi connectivity index (χ2n) is 6.81. The Kier molecular flexibility index (Phi) is 9.95. The van der Waals surface area contributed by atoms with Gasteiger partial charge in [0.15, 0.2) is 0 Å². The summed E-state index contributed by atoms with van der Waals surface area (Å²) in [6.45, 7) is 3.02. The largest absolute Gasteiger partial charge is 0.469 e.